The van der Waals surface area contributed by atoms with E-state index in [0.29, 0.717) is 12.1 Å². The molecule has 0 atom stereocenters. The maximum Gasteiger partial charge on any atom is 0.252 e. The molecule has 1 amide bonds. The second kappa shape index (κ2) is 8.27. The number of nitrogens with one attached hydrogen (secondary N) is 1. The van der Waals surface area contributed by atoms with Crippen LogP contribution in [0.3, 0.4) is 0 Å². The molecule has 0 unspecified atom stereocenters. The zero-order valence-corrected chi connectivity index (χ0v) is 23.6. The lowest BCUT2D eigenvalue weighted by molar-refractivity contribution is 0.0952. The number of para-hydroxylation sites is 4. The third-order valence-corrected chi connectivity index (χ3v) is 10.1. The van der Waals surface area contributed by atoms with Crippen LogP contribution in [0.5, 0.6) is 23.0 Å². The number of fused-ring (bicyclic) bond motifs is 11. The van der Waals surface area contributed by atoms with Gasteiger partial charge in [0.05, 0.1) is 10.8 Å². The molecule has 0 saturated carbocycles. The van der Waals surface area contributed by atoms with Gasteiger partial charge in [0, 0.05) is 34.4 Å². The summed E-state index contributed by atoms with van der Waals surface area (Å²) in [7, 11) is 0. The number of hydrogen-bond donors (Lipinski definition) is 1. The van der Waals surface area contributed by atoms with Gasteiger partial charge in [-0.25, -0.2) is 0 Å². The first-order valence-corrected chi connectivity index (χ1v) is 15.0. The molecule has 2 spiro atoms. The summed E-state index contributed by atoms with van der Waals surface area (Å²) in [5.41, 5.74) is 8.79. The van der Waals surface area contributed by atoms with Crippen molar-refractivity contribution in [3.05, 3.63) is 178 Å². The standard InChI is InChI=1S/C40H25NO3/c42-38-25-12-10-18-31-37(25)36-24(23-41-38)11-9-17-30(36)39(26-13-1-5-19-32(26)43-33-20-6-2-14-27(33)39)40(31)28-15-3-7-21-34(28)44-35-22-8-4-16-29(35)40/h1-22H,23H2,(H,41,42). The van der Waals surface area contributed by atoms with Gasteiger partial charge in [-0.05, 0) is 58.1 Å². The molecule has 208 valence electrons. The molecule has 6 aromatic carbocycles. The zero-order valence-electron chi connectivity index (χ0n) is 23.6. The van der Waals surface area contributed by atoms with E-state index in [-0.39, 0.29) is 5.91 Å². The first-order chi connectivity index (χ1) is 21.7. The van der Waals surface area contributed by atoms with Crippen molar-refractivity contribution < 1.29 is 14.3 Å². The van der Waals surface area contributed by atoms with Crippen LogP contribution >= 0.6 is 0 Å². The molecule has 3 heterocycles. The highest BCUT2D eigenvalue weighted by atomic mass is 16.5. The Morgan fingerprint density at radius 2 is 0.864 bits per heavy atom. The Bertz CT molecular complexity index is 2140. The van der Waals surface area contributed by atoms with Crippen LogP contribution in [0.2, 0.25) is 0 Å². The van der Waals surface area contributed by atoms with Crippen molar-refractivity contribution in [3.63, 3.8) is 0 Å². The van der Waals surface area contributed by atoms with E-state index in [1.54, 1.807) is 0 Å². The van der Waals surface area contributed by atoms with E-state index in [1.165, 1.54) is 0 Å². The summed E-state index contributed by atoms with van der Waals surface area (Å²) in [4.78, 5) is 13.8. The van der Waals surface area contributed by atoms with Crippen molar-refractivity contribution in [1.82, 2.24) is 5.32 Å². The molecule has 3 aliphatic heterocycles. The van der Waals surface area contributed by atoms with E-state index < -0.39 is 10.8 Å². The molecule has 4 nitrogen and oxygen atoms in total. The lowest BCUT2D eigenvalue weighted by Gasteiger charge is -2.59. The van der Waals surface area contributed by atoms with Crippen molar-refractivity contribution in [2.45, 2.75) is 17.4 Å². The predicted molar refractivity (Wildman–Crippen MR) is 169 cm³/mol. The molecule has 1 aliphatic carbocycles. The lowest BCUT2D eigenvalue weighted by atomic mass is 9.42. The van der Waals surface area contributed by atoms with Crippen LogP contribution in [-0.2, 0) is 17.4 Å². The van der Waals surface area contributed by atoms with Crippen molar-refractivity contribution in [1.29, 1.82) is 0 Å². The molecule has 0 saturated heterocycles. The van der Waals surface area contributed by atoms with Gasteiger partial charge in [-0.2, -0.15) is 0 Å². The van der Waals surface area contributed by atoms with Gasteiger partial charge in [0.2, 0.25) is 0 Å². The van der Waals surface area contributed by atoms with Crippen LogP contribution in [0.4, 0.5) is 0 Å². The van der Waals surface area contributed by atoms with Crippen molar-refractivity contribution in [2.24, 2.45) is 0 Å². The monoisotopic (exact) mass is 567 g/mol. The van der Waals surface area contributed by atoms with Gasteiger partial charge in [0.1, 0.15) is 23.0 Å². The summed E-state index contributed by atoms with van der Waals surface area (Å²) < 4.78 is 13.5. The summed E-state index contributed by atoms with van der Waals surface area (Å²) in [6, 6.07) is 46.6. The van der Waals surface area contributed by atoms with Gasteiger partial charge in [-0.15, -0.1) is 0 Å². The molecule has 44 heavy (non-hydrogen) atoms. The molecule has 4 heteroatoms. The fraction of sp³-hybridized carbons (Fsp3) is 0.0750. The van der Waals surface area contributed by atoms with Crippen molar-refractivity contribution >= 4 is 5.91 Å². The predicted octanol–water partition coefficient (Wildman–Crippen LogP) is 8.49. The van der Waals surface area contributed by atoms with Crippen LogP contribution in [0.25, 0.3) is 11.1 Å². The molecule has 6 aromatic rings. The number of rotatable bonds is 0. The van der Waals surface area contributed by atoms with Crippen LogP contribution in [0.15, 0.2) is 133 Å². The summed E-state index contributed by atoms with van der Waals surface area (Å²) in [6.45, 7) is 0.454. The number of ether oxygens (including phenoxy) is 2. The fourth-order valence-electron chi connectivity index (χ4n) is 8.73. The topological polar surface area (TPSA) is 47.6 Å². The maximum atomic E-state index is 13.8. The number of hydrogen-bond acceptors (Lipinski definition) is 3. The third-order valence-electron chi connectivity index (χ3n) is 10.1. The SMILES string of the molecule is O=C1NCc2cccc3c2-c2c1cccc2C1(c2ccccc2Oc2ccccc21)C31c2ccccc2Oc2ccccc21. The Hall–Kier alpha value is -5.61. The average Bonchev–Trinajstić information content (AvgIpc) is 3.22. The molecule has 0 aromatic heterocycles. The van der Waals surface area contributed by atoms with Gasteiger partial charge < -0.3 is 14.8 Å². The molecular formula is C40H25NO3. The highest BCUT2D eigenvalue weighted by Crippen LogP contribution is 2.72. The highest BCUT2D eigenvalue weighted by Gasteiger charge is 2.67. The minimum atomic E-state index is -0.837. The van der Waals surface area contributed by atoms with Crippen LogP contribution in [-0.4, -0.2) is 5.91 Å². The Morgan fingerprint density at radius 1 is 0.455 bits per heavy atom. The zero-order chi connectivity index (χ0) is 29.0. The second-order valence-electron chi connectivity index (χ2n) is 11.9. The van der Waals surface area contributed by atoms with Crippen LogP contribution < -0.4 is 14.8 Å². The molecular weight excluding hydrogens is 542 g/mol. The van der Waals surface area contributed by atoms with Gasteiger partial charge >= 0.3 is 0 Å². The van der Waals surface area contributed by atoms with Gasteiger partial charge in [-0.1, -0.05) is 103 Å². The molecule has 0 bridgehead atoms. The molecule has 1 N–H and O–H groups in total. The molecule has 10 rings (SSSR count). The van der Waals surface area contributed by atoms with E-state index in [9.17, 15) is 4.79 Å². The minimum Gasteiger partial charge on any atom is -0.457 e. The van der Waals surface area contributed by atoms with E-state index in [2.05, 4.69) is 102 Å². The Morgan fingerprint density at radius 3 is 1.36 bits per heavy atom. The van der Waals surface area contributed by atoms with E-state index >= 15 is 0 Å². The second-order valence-corrected chi connectivity index (χ2v) is 11.9. The summed E-state index contributed by atoms with van der Waals surface area (Å²) in [6.07, 6.45) is 0. The first-order valence-electron chi connectivity index (χ1n) is 15.0. The van der Waals surface area contributed by atoms with E-state index in [1.807, 2.05) is 36.4 Å². The largest absolute Gasteiger partial charge is 0.457 e. The van der Waals surface area contributed by atoms with Gasteiger partial charge in [0.15, 0.2) is 0 Å². The average molecular weight is 568 g/mol. The number of carbonyl (C=O) groups excluding carboxylic acids is 1. The van der Waals surface area contributed by atoms with Crippen molar-refractivity contribution in [3.8, 4) is 34.1 Å². The first kappa shape index (κ1) is 23.9. The number of benzene rings is 6. The summed E-state index contributed by atoms with van der Waals surface area (Å²) in [5, 5.41) is 3.21. The van der Waals surface area contributed by atoms with Crippen LogP contribution in [0, 0.1) is 0 Å². The summed E-state index contributed by atoms with van der Waals surface area (Å²) >= 11 is 0. The Balaban J connectivity index is 1.56. The molecule has 0 fully saturated rings. The summed E-state index contributed by atoms with van der Waals surface area (Å²) in [5.74, 6) is 3.21. The third kappa shape index (κ3) is 2.60. The van der Waals surface area contributed by atoms with E-state index in [0.717, 1.165) is 73.1 Å². The molecule has 4 aliphatic rings. The van der Waals surface area contributed by atoms with Crippen molar-refractivity contribution in [2.75, 3.05) is 0 Å². The number of amides is 1. The lowest BCUT2D eigenvalue weighted by Crippen LogP contribution is -2.57. The number of carbonyl (C=O) groups is 1. The molecule has 0 radical (unpaired) electrons. The smallest absolute Gasteiger partial charge is 0.252 e. The minimum absolute atomic E-state index is 0.0588. The van der Waals surface area contributed by atoms with Gasteiger partial charge in [-0.3, -0.25) is 4.79 Å². The quantitative estimate of drug-likeness (QED) is 0.200. The fourth-order valence-corrected chi connectivity index (χ4v) is 8.73. The Kier molecular flexibility index (Phi) is 4.49. The Labute approximate surface area is 254 Å². The normalized spacial score (nSPS) is 16.6. The van der Waals surface area contributed by atoms with Crippen LogP contribution in [0.1, 0.15) is 49.3 Å². The van der Waals surface area contributed by atoms with Gasteiger partial charge in [0.25, 0.3) is 5.91 Å². The van der Waals surface area contributed by atoms with E-state index in [4.69, 9.17) is 9.47 Å². The highest BCUT2D eigenvalue weighted by molar-refractivity contribution is 6.06. The maximum absolute atomic E-state index is 13.8.